The van der Waals surface area contributed by atoms with Gasteiger partial charge >= 0.3 is 0 Å². The van der Waals surface area contributed by atoms with Crippen LogP contribution in [0.25, 0.3) is 0 Å². The highest BCUT2D eigenvalue weighted by Crippen LogP contribution is 2.37. The van der Waals surface area contributed by atoms with Crippen LogP contribution in [0.5, 0.6) is 0 Å². The molecule has 0 bridgehead atoms. The maximum absolute atomic E-state index is 12.5. The Morgan fingerprint density at radius 3 is 2.72 bits per heavy atom. The molecule has 1 N–H and O–H groups in total. The van der Waals surface area contributed by atoms with Crippen molar-refractivity contribution in [2.24, 2.45) is 5.92 Å². The molecule has 18 heavy (non-hydrogen) atoms. The molecule has 2 aliphatic rings. The lowest BCUT2D eigenvalue weighted by molar-refractivity contribution is 0.00258. The number of carbonyl (C=O) groups excluding carboxylic acids is 1. The lowest BCUT2D eigenvalue weighted by Gasteiger charge is -2.40. The number of piperidine rings is 1. The minimum Gasteiger partial charge on any atom is -0.393 e. The third kappa shape index (κ3) is 1.93. The number of likely N-dealkylation sites (tertiary alicyclic amines) is 1. The van der Waals surface area contributed by atoms with Gasteiger partial charge in [0.1, 0.15) is 0 Å². The van der Waals surface area contributed by atoms with E-state index in [1.54, 1.807) is 0 Å². The molecule has 3 heteroatoms. The van der Waals surface area contributed by atoms with E-state index in [-0.39, 0.29) is 18.1 Å². The number of fused-ring (bicyclic) bond motifs is 1. The van der Waals surface area contributed by atoms with E-state index in [1.165, 1.54) is 0 Å². The van der Waals surface area contributed by atoms with Crippen molar-refractivity contribution in [1.29, 1.82) is 0 Å². The van der Waals surface area contributed by atoms with Crippen LogP contribution in [0, 0.1) is 5.92 Å². The minimum absolute atomic E-state index is 0.124. The normalized spacial score (nSPS) is 31.2. The molecule has 0 aromatic heterocycles. The Bertz CT molecular complexity index is 431. The first-order chi connectivity index (χ1) is 8.77. The molecular weight excluding hydrogens is 226 g/mol. The fraction of sp³-hybridized carbons (Fsp3) is 0.533. The largest absolute Gasteiger partial charge is 0.393 e. The lowest BCUT2D eigenvalue weighted by atomic mass is 9.88. The first-order valence-corrected chi connectivity index (χ1v) is 6.81. The quantitative estimate of drug-likeness (QED) is 0.822. The molecule has 3 rings (SSSR count). The number of nitrogens with zero attached hydrogens (tertiary/aromatic N) is 1. The average molecular weight is 245 g/mol. The Morgan fingerprint density at radius 1 is 1.17 bits per heavy atom. The van der Waals surface area contributed by atoms with E-state index in [0.717, 1.165) is 31.2 Å². The van der Waals surface area contributed by atoms with Gasteiger partial charge in [-0.3, -0.25) is 4.79 Å². The van der Waals surface area contributed by atoms with Crippen LogP contribution in [-0.2, 0) is 0 Å². The summed E-state index contributed by atoms with van der Waals surface area (Å²) < 4.78 is 0. The van der Waals surface area contributed by atoms with E-state index in [1.807, 2.05) is 35.2 Å². The zero-order valence-electron chi connectivity index (χ0n) is 10.5. The predicted molar refractivity (Wildman–Crippen MR) is 69.2 cm³/mol. The van der Waals surface area contributed by atoms with Crippen LogP contribution in [-0.4, -0.2) is 34.6 Å². The molecule has 1 aromatic carbocycles. The summed E-state index contributed by atoms with van der Waals surface area (Å²) in [5.41, 5.74) is 0.763. The number of carbonyl (C=O) groups is 1. The summed E-state index contributed by atoms with van der Waals surface area (Å²) in [5, 5.41) is 10.0. The first-order valence-electron chi connectivity index (χ1n) is 6.81. The number of aliphatic hydroxyl groups excluding tert-OH is 1. The zero-order valence-corrected chi connectivity index (χ0v) is 10.5. The van der Waals surface area contributed by atoms with Crippen LogP contribution in [0.3, 0.4) is 0 Å². The molecule has 1 saturated carbocycles. The van der Waals surface area contributed by atoms with Crippen molar-refractivity contribution in [3.63, 3.8) is 0 Å². The number of aliphatic hydroxyl groups is 1. The molecule has 1 heterocycles. The Hall–Kier alpha value is -1.35. The highest BCUT2D eigenvalue weighted by molar-refractivity contribution is 5.94. The molecule has 2 fully saturated rings. The van der Waals surface area contributed by atoms with E-state index in [4.69, 9.17) is 0 Å². The Morgan fingerprint density at radius 2 is 1.94 bits per heavy atom. The molecular formula is C15H19NO2. The molecule has 1 amide bonds. The average Bonchev–Trinajstić information content (AvgIpc) is 2.90. The maximum atomic E-state index is 12.5. The molecule has 1 aliphatic heterocycles. The standard InChI is InChI=1S/C15H19NO2/c17-14-9-10-16(13-8-4-7-12(13)14)15(18)11-5-2-1-3-6-11/h1-3,5-6,12-14,17H,4,7-10H2/t12-,13+,14+/m1/s1. The number of amides is 1. The Balaban J connectivity index is 1.82. The molecule has 1 aliphatic carbocycles. The third-order valence-electron chi connectivity index (χ3n) is 4.37. The SMILES string of the molecule is O=C(c1ccccc1)N1CC[C@H](O)[C@@H]2CCC[C@@H]21. The maximum Gasteiger partial charge on any atom is 0.254 e. The Labute approximate surface area is 107 Å². The third-order valence-corrected chi connectivity index (χ3v) is 4.37. The first kappa shape index (κ1) is 11.7. The minimum atomic E-state index is -0.211. The molecule has 3 nitrogen and oxygen atoms in total. The predicted octanol–water partition coefficient (Wildman–Crippen LogP) is 2.06. The number of hydrogen-bond acceptors (Lipinski definition) is 2. The van der Waals surface area contributed by atoms with Crippen LogP contribution in [0.15, 0.2) is 30.3 Å². The van der Waals surface area contributed by atoms with E-state index >= 15 is 0 Å². The van der Waals surface area contributed by atoms with Crippen molar-refractivity contribution in [1.82, 2.24) is 4.90 Å². The lowest BCUT2D eigenvalue weighted by Crippen LogP contribution is -2.51. The summed E-state index contributed by atoms with van der Waals surface area (Å²) in [6, 6.07) is 9.72. The van der Waals surface area contributed by atoms with Crippen LogP contribution in [0.2, 0.25) is 0 Å². The summed E-state index contributed by atoms with van der Waals surface area (Å²) in [7, 11) is 0. The second-order valence-electron chi connectivity index (χ2n) is 5.38. The van der Waals surface area contributed by atoms with Gasteiger partial charge in [-0.25, -0.2) is 0 Å². The van der Waals surface area contributed by atoms with E-state index < -0.39 is 0 Å². The van der Waals surface area contributed by atoms with Crippen molar-refractivity contribution in [2.45, 2.75) is 37.8 Å². The van der Waals surface area contributed by atoms with Gasteiger partial charge in [0, 0.05) is 24.1 Å². The smallest absolute Gasteiger partial charge is 0.254 e. The number of hydrogen-bond donors (Lipinski definition) is 1. The van der Waals surface area contributed by atoms with Crippen LogP contribution >= 0.6 is 0 Å². The van der Waals surface area contributed by atoms with Gasteiger partial charge in [-0.1, -0.05) is 24.6 Å². The summed E-state index contributed by atoms with van der Waals surface area (Å²) >= 11 is 0. The zero-order chi connectivity index (χ0) is 12.5. The van der Waals surface area contributed by atoms with Gasteiger partial charge < -0.3 is 10.0 Å². The highest BCUT2D eigenvalue weighted by atomic mass is 16.3. The highest BCUT2D eigenvalue weighted by Gasteiger charge is 2.42. The Kier molecular flexibility index (Phi) is 3.08. The molecule has 0 radical (unpaired) electrons. The van der Waals surface area contributed by atoms with Crippen LogP contribution < -0.4 is 0 Å². The van der Waals surface area contributed by atoms with Gasteiger partial charge in [0.05, 0.1) is 6.10 Å². The fourth-order valence-electron chi connectivity index (χ4n) is 3.45. The summed E-state index contributed by atoms with van der Waals surface area (Å²) in [4.78, 5) is 14.5. The van der Waals surface area contributed by atoms with Crippen molar-refractivity contribution < 1.29 is 9.90 Å². The fourth-order valence-corrected chi connectivity index (χ4v) is 3.45. The van der Waals surface area contributed by atoms with Gasteiger partial charge in [0.25, 0.3) is 5.91 Å². The van der Waals surface area contributed by atoms with Gasteiger partial charge in [-0.05, 0) is 31.4 Å². The van der Waals surface area contributed by atoms with E-state index in [0.29, 0.717) is 12.5 Å². The summed E-state index contributed by atoms with van der Waals surface area (Å²) in [6.45, 7) is 0.691. The van der Waals surface area contributed by atoms with E-state index in [2.05, 4.69) is 0 Å². The van der Waals surface area contributed by atoms with Gasteiger partial charge in [0.2, 0.25) is 0 Å². The summed E-state index contributed by atoms with van der Waals surface area (Å²) in [5.74, 6) is 0.422. The number of benzene rings is 1. The van der Waals surface area contributed by atoms with Crippen molar-refractivity contribution in [3.8, 4) is 0 Å². The molecule has 96 valence electrons. The molecule has 1 aromatic rings. The topological polar surface area (TPSA) is 40.5 Å². The van der Waals surface area contributed by atoms with Gasteiger partial charge in [0.15, 0.2) is 0 Å². The van der Waals surface area contributed by atoms with Crippen LogP contribution in [0.4, 0.5) is 0 Å². The molecule has 0 spiro atoms. The van der Waals surface area contributed by atoms with Crippen LogP contribution in [0.1, 0.15) is 36.0 Å². The van der Waals surface area contributed by atoms with Gasteiger partial charge in [-0.2, -0.15) is 0 Å². The number of rotatable bonds is 1. The molecule has 3 atom stereocenters. The van der Waals surface area contributed by atoms with Crippen molar-refractivity contribution in [3.05, 3.63) is 35.9 Å². The summed E-state index contributed by atoms with van der Waals surface area (Å²) in [6.07, 6.45) is 3.74. The van der Waals surface area contributed by atoms with E-state index in [9.17, 15) is 9.90 Å². The second-order valence-corrected chi connectivity index (χ2v) is 5.38. The molecule has 1 saturated heterocycles. The van der Waals surface area contributed by atoms with Gasteiger partial charge in [-0.15, -0.1) is 0 Å². The van der Waals surface area contributed by atoms with Crippen molar-refractivity contribution >= 4 is 5.91 Å². The van der Waals surface area contributed by atoms with Crippen molar-refractivity contribution in [2.75, 3.05) is 6.54 Å². The molecule has 0 unspecified atom stereocenters. The second kappa shape index (κ2) is 4.73. The monoisotopic (exact) mass is 245 g/mol.